The highest BCUT2D eigenvalue weighted by molar-refractivity contribution is 6.18. The highest BCUT2D eigenvalue weighted by Crippen LogP contribution is 2.22. The van der Waals surface area contributed by atoms with Gasteiger partial charge in [0.2, 0.25) is 0 Å². The molecule has 5 heteroatoms. The molecular formula is C16H16ClN3O. The molecule has 1 unspecified atom stereocenters. The van der Waals surface area contributed by atoms with Crippen LogP contribution in [0.15, 0.2) is 48.5 Å². The predicted octanol–water partition coefficient (Wildman–Crippen LogP) is 3.24. The summed E-state index contributed by atoms with van der Waals surface area (Å²) in [5.41, 5.74) is 3.89. The fourth-order valence-corrected chi connectivity index (χ4v) is 2.27. The van der Waals surface area contributed by atoms with Crippen molar-refractivity contribution in [3.05, 3.63) is 48.5 Å². The van der Waals surface area contributed by atoms with Crippen molar-refractivity contribution < 1.29 is 5.11 Å². The Morgan fingerprint density at radius 3 is 2.86 bits per heavy atom. The maximum Gasteiger partial charge on any atom is 0.138 e. The zero-order valence-electron chi connectivity index (χ0n) is 11.4. The normalized spacial score (nSPS) is 12.5. The minimum atomic E-state index is -0.554. The third-order valence-corrected chi connectivity index (χ3v) is 3.60. The van der Waals surface area contributed by atoms with Crippen LogP contribution >= 0.6 is 11.6 Å². The minimum absolute atomic E-state index is 0.219. The van der Waals surface area contributed by atoms with E-state index in [1.54, 1.807) is 0 Å². The van der Waals surface area contributed by atoms with Crippen LogP contribution in [0.25, 0.3) is 22.4 Å². The molecule has 0 aliphatic carbocycles. The smallest absolute Gasteiger partial charge is 0.138 e. The van der Waals surface area contributed by atoms with Crippen LogP contribution in [0.3, 0.4) is 0 Å². The molecule has 0 bridgehead atoms. The van der Waals surface area contributed by atoms with Gasteiger partial charge in [-0.25, -0.2) is 4.98 Å². The number of anilines is 1. The van der Waals surface area contributed by atoms with Gasteiger partial charge in [0.15, 0.2) is 0 Å². The van der Waals surface area contributed by atoms with Crippen LogP contribution in [0.1, 0.15) is 0 Å². The van der Waals surface area contributed by atoms with Crippen molar-refractivity contribution in [2.24, 2.45) is 0 Å². The number of imidazole rings is 1. The SMILES string of the molecule is OC(CCl)CNc1cccc(-c2nc3ccccc3[nH]2)c1. The lowest BCUT2D eigenvalue weighted by molar-refractivity contribution is 0.211. The van der Waals surface area contributed by atoms with Gasteiger partial charge < -0.3 is 15.4 Å². The van der Waals surface area contributed by atoms with Crippen molar-refractivity contribution in [3.63, 3.8) is 0 Å². The number of benzene rings is 2. The van der Waals surface area contributed by atoms with Crippen LogP contribution in [0, 0.1) is 0 Å². The summed E-state index contributed by atoms with van der Waals surface area (Å²) in [4.78, 5) is 7.89. The topological polar surface area (TPSA) is 60.9 Å². The molecule has 4 nitrogen and oxygen atoms in total. The summed E-state index contributed by atoms with van der Waals surface area (Å²) in [6.45, 7) is 0.424. The maximum atomic E-state index is 9.49. The Balaban J connectivity index is 1.85. The molecule has 0 aliphatic heterocycles. The second-order valence-electron chi connectivity index (χ2n) is 4.87. The molecule has 1 atom stereocenters. The molecule has 0 amide bonds. The molecule has 0 fully saturated rings. The number of nitrogens with zero attached hydrogens (tertiary/aromatic N) is 1. The largest absolute Gasteiger partial charge is 0.390 e. The first-order valence-corrected chi connectivity index (χ1v) is 7.33. The summed E-state index contributed by atoms with van der Waals surface area (Å²) >= 11 is 5.59. The first-order chi connectivity index (χ1) is 10.3. The van der Waals surface area contributed by atoms with Gasteiger partial charge in [0.25, 0.3) is 0 Å². The molecule has 108 valence electrons. The number of aromatic nitrogens is 2. The summed E-state index contributed by atoms with van der Waals surface area (Å²) in [5.74, 6) is 1.05. The lowest BCUT2D eigenvalue weighted by atomic mass is 10.2. The van der Waals surface area contributed by atoms with Gasteiger partial charge >= 0.3 is 0 Å². The number of H-pyrrole nitrogens is 1. The van der Waals surface area contributed by atoms with E-state index in [0.29, 0.717) is 6.54 Å². The lowest BCUT2D eigenvalue weighted by Crippen LogP contribution is -2.20. The van der Waals surface area contributed by atoms with Gasteiger partial charge in [-0.05, 0) is 24.3 Å². The molecule has 2 aromatic carbocycles. The highest BCUT2D eigenvalue weighted by atomic mass is 35.5. The maximum absolute atomic E-state index is 9.49. The third kappa shape index (κ3) is 3.17. The molecule has 0 spiro atoms. The summed E-state index contributed by atoms with van der Waals surface area (Å²) < 4.78 is 0. The van der Waals surface area contributed by atoms with Crippen molar-refractivity contribution >= 4 is 28.3 Å². The number of hydrogen-bond donors (Lipinski definition) is 3. The quantitative estimate of drug-likeness (QED) is 0.634. The second-order valence-corrected chi connectivity index (χ2v) is 5.18. The molecule has 0 radical (unpaired) electrons. The van der Waals surface area contributed by atoms with Crippen LogP contribution in [0.5, 0.6) is 0 Å². The van der Waals surface area contributed by atoms with E-state index in [2.05, 4.69) is 15.3 Å². The van der Waals surface area contributed by atoms with Crippen molar-refractivity contribution in [1.29, 1.82) is 0 Å². The number of halogens is 1. The number of hydrogen-bond acceptors (Lipinski definition) is 3. The zero-order valence-corrected chi connectivity index (χ0v) is 12.1. The standard InChI is InChI=1S/C16H16ClN3O/c17-9-13(21)10-18-12-5-3-4-11(8-12)16-19-14-6-1-2-7-15(14)20-16/h1-8,13,18,21H,9-10H2,(H,19,20). The molecule has 0 saturated carbocycles. The van der Waals surface area contributed by atoms with E-state index in [4.69, 9.17) is 11.6 Å². The number of aliphatic hydroxyl groups is 1. The van der Waals surface area contributed by atoms with Gasteiger partial charge in [0, 0.05) is 17.8 Å². The van der Waals surface area contributed by atoms with Crippen LogP contribution in [-0.2, 0) is 0 Å². The first kappa shape index (κ1) is 13.9. The lowest BCUT2D eigenvalue weighted by Gasteiger charge is -2.10. The van der Waals surface area contributed by atoms with E-state index in [-0.39, 0.29) is 5.88 Å². The number of para-hydroxylation sites is 2. The number of alkyl halides is 1. The van der Waals surface area contributed by atoms with Crippen molar-refractivity contribution in [2.75, 3.05) is 17.7 Å². The Kier molecular flexibility index (Phi) is 4.08. The van der Waals surface area contributed by atoms with E-state index < -0.39 is 6.10 Å². The molecule has 3 N–H and O–H groups in total. The highest BCUT2D eigenvalue weighted by Gasteiger charge is 2.06. The van der Waals surface area contributed by atoms with Crippen LogP contribution in [0.4, 0.5) is 5.69 Å². The number of rotatable bonds is 5. The second kappa shape index (κ2) is 6.16. The number of aliphatic hydroxyl groups excluding tert-OH is 1. The van der Waals surface area contributed by atoms with Gasteiger partial charge in [-0.15, -0.1) is 11.6 Å². The molecule has 3 aromatic rings. The van der Waals surface area contributed by atoms with E-state index in [0.717, 1.165) is 28.1 Å². The Morgan fingerprint density at radius 2 is 2.05 bits per heavy atom. The van der Waals surface area contributed by atoms with Crippen molar-refractivity contribution in [1.82, 2.24) is 9.97 Å². The van der Waals surface area contributed by atoms with Crippen molar-refractivity contribution in [3.8, 4) is 11.4 Å². The van der Waals surface area contributed by atoms with E-state index >= 15 is 0 Å². The number of aromatic amines is 1. The summed E-state index contributed by atoms with van der Waals surface area (Å²) in [5, 5.41) is 12.7. The molecule has 21 heavy (non-hydrogen) atoms. The molecule has 1 heterocycles. The third-order valence-electron chi connectivity index (χ3n) is 3.25. The van der Waals surface area contributed by atoms with Gasteiger partial charge in [0.1, 0.15) is 5.82 Å². The summed E-state index contributed by atoms with van der Waals surface area (Å²) in [6, 6.07) is 15.8. The molecule has 0 aliphatic rings. The minimum Gasteiger partial charge on any atom is -0.390 e. The van der Waals surface area contributed by atoms with Crippen LogP contribution in [0.2, 0.25) is 0 Å². The molecule has 0 saturated heterocycles. The fraction of sp³-hybridized carbons (Fsp3) is 0.188. The average Bonchev–Trinajstić information content (AvgIpc) is 2.97. The van der Waals surface area contributed by atoms with Gasteiger partial charge in [0.05, 0.1) is 23.0 Å². The van der Waals surface area contributed by atoms with Crippen LogP contribution < -0.4 is 5.32 Å². The Morgan fingerprint density at radius 1 is 1.19 bits per heavy atom. The molecule has 1 aromatic heterocycles. The van der Waals surface area contributed by atoms with Gasteiger partial charge in [-0.3, -0.25) is 0 Å². The predicted molar refractivity (Wildman–Crippen MR) is 86.7 cm³/mol. The van der Waals surface area contributed by atoms with E-state index in [1.807, 2.05) is 48.5 Å². The van der Waals surface area contributed by atoms with Crippen LogP contribution in [-0.4, -0.2) is 33.6 Å². The zero-order chi connectivity index (χ0) is 14.7. The van der Waals surface area contributed by atoms with Crippen molar-refractivity contribution in [2.45, 2.75) is 6.10 Å². The Labute approximate surface area is 127 Å². The Hall–Kier alpha value is -2.04. The fourth-order valence-electron chi connectivity index (χ4n) is 2.16. The number of nitrogens with one attached hydrogen (secondary N) is 2. The van der Waals surface area contributed by atoms with E-state index in [9.17, 15) is 5.11 Å². The Bertz CT molecular complexity index is 708. The average molecular weight is 302 g/mol. The van der Waals surface area contributed by atoms with Gasteiger partial charge in [-0.1, -0.05) is 24.3 Å². The number of fused-ring (bicyclic) bond motifs is 1. The summed E-state index contributed by atoms with van der Waals surface area (Å²) in [7, 11) is 0. The molecule has 3 rings (SSSR count). The molecular weight excluding hydrogens is 286 g/mol. The van der Waals surface area contributed by atoms with Gasteiger partial charge in [-0.2, -0.15) is 0 Å². The first-order valence-electron chi connectivity index (χ1n) is 6.79. The monoisotopic (exact) mass is 301 g/mol. The summed E-state index contributed by atoms with van der Waals surface area (Å²) in [6.07, 6.45) is -0.554. The van der Waals surface area contributed by atoms with E-state index in [1.165, 1.54) is 0 Å².